The number of aromatic hydroxyl groups is 1. The lowest BCUT2D eigenvalue weighted by molar-refractivity contribution is 0.434. The second-order valence-electron chi connectivity index (χ2n) is 10.7. The first-order chi connectivity index (χ1) is 24.4. The standard InChI is InChI=1S/C29H22FN9O10S3/c1-15-5-2-3-7-20(15)33-29-35-27(30)34-28(36-29)32-16-9-10-24(51(44,45)46)21(11-16)37-38-22-14-31-39(26(22)40)17-12-19-18(25(13-17)52(47,48)49)6-4-8-23(19)50(41,42)43/h2-14,40H,1H3,(H,41,42,43)(H,44,45,46)(H,47,48,49)(H2,32,33,34,35,36). The number of rotatable bonds is 10. The van der Waals surface area contributed by atoms with Crippen LogP contribution in [0.15, 0.2) is 104 Å². The van der Waals surface area contributed by atoms with Gasteiger partial charge in [0.1, 0.15) is 20.4 Å². The molecule has 0 saturated carbocycles. The van der Waals surface area contributed by atoms with Gasteiger partial charge < -0.3 is 15.7 Å². The highest BCUT2D eigenvalue weighted by Gasteiger charge is 2.24. The van der Waals surface area contributed by atoms with E-state index < -0.39 is 68.4 Å². The predicted octanol–water partition coefficient (Wildman–Crippen LogP) is 5.01. The highest BCUT2D eigenvalue weighted by Crippen LogP contribution is 2.36. The summed E-state index contributed by atoms with van der Waals surface area (Å²) in [4.78, 5) is 9.08. The Kier molecular flexibility index (Phi) is 9.16. The lowest BCUT2D eigenvalue weighted by atomic mass is 10.1. The second-order valence-corrected chi connectivity index (χ2v) is 14.9. The third-order valence-corrected chi connectivity index (χ3v) is 9.89. The first-order valence-corrected chi connectivity index (χ1v) is 18.5. The molecule has 0 spiro atoms. The molecule has 268 valence electrons. The first-order valence-electron chi connectivity index (χ1n) is 14.2. The lowest BCUT2D eigenvalue weighted by Crippen LogP contribution is -2.07. The van der Waals surface area contributed by atoms with Crippen LogP contribution >= 0.6 is 0 Å². The molecule has 23 heteroatoms. The van der Waals surface area contributed by atoms with E-state index in [1.54, 1.807) is 18.2 Å². The number of aromatic nitrogens is 5. The van der Waals surface area contributed by atoms with Gasteiger partial charge in [0.2, 0.25) is 17.8 Å². The minimum Gasteiger partial charge on any atom is -0.492 e. The molecule has 6 rings (SSSR count). The molecular weight excluding hydrogens is 750 g/mol. The Morgan fingerprint density at radius 3 is 2.02 bits per heavy atom. The minimum absolute atomic E-state index is 0.0391. The molecule has 0 aliphatic rings. The van der Waals surface area contributed by atoms with Crippen LogP contribution in [0.5, 0.6) is 5.88 Å². The number of anilines is 4. The third kappa shape index (κ3) is 7.53. The Labute approximate surface area is 292 Å². The summed E-state index contributed by atoms with van der Waals surface area (Å²) in [5.41, 5.74) is 0.190. The van der Waals surface area contributed by atoms with Crippen molar-refractivity contribution in [1.29, 1.82) is 0 Å². The minimum atomic E-state index is -5.01. The SMILES string of the molecule is Cc1ccccc1Nc1nc(F)nc(Nc2ccc(S(=O)(=O)O)c(N=Nc3cnn(-c4cc(S(=O)(=O)O)c5cccc(S(=O)(=O)O)c5c4)c3O)c2)n1. The first kappa shape index (κ1) is 35.8. The number of nitrogens with one attached hydrogen (secondary N) is 2. The molecule has 0 atom stereocenters. The van der Waals surface area contributed by atoms with Crippen LogP contribution in [0.4, 0.5) is 39.0 Å². The normalized spacial score (nSPS) is 12.4. The molecule has 0 saturated heterocycles. The van der Waals surface area contributed by atoms with Crippen LogP contribution in [0.2, 0.25) is 0 Å². The van der Waals surface area contributed by atoms with Gasteiger partial charge in [-0.1, -0.05) is 30.3 Å². The summed E-state index contributed by atoms with van der Waals surface area (Å²) in [6.07, 6.45) is -0.240. The fraction of sp³-hybridized carbons (Fsp3) is 0.0345. The van der Waals surface area contributed by atoms with E-state index in [4.69, 9.17) is 0 Å². The Morgan fingerprint density at radius 2 is 1.35 bits per heavy atom. The van der Waals surface area contributed by atoms with E-state index in [2.05, 4.69) is 40.9 Å². The summed E-state index contributed by atoms with van der Waals surface area (Å²) in [6, 6.07) is 15.5. The van der Waals surface area contributed by atoms with E-state index in [9.17, 15) is 48.4 Å². The average Bonchev–Trinajstić information content (AvgIpc) is 3.42. The number of para-hydroxylation sites is 1. The van der Waals surface area contributed by atoms with Gasteiger partial charge in [-0.3, -0.25) is 13.7 Å². The number of halogens is 1. The van der Waals surface area contributed by atoms with Crippen LogP contribution in [-0.2, 0) is 30.4 Å². The van der Waals surface area contributed by atoms with Crippen LogP contribution in [0.1, 0.15) is 5.56 Å². The van der Waals surface area contributed by atoms with Crippen molar-refractivity contribution < 1.29 is 48.4 Å². The van der Waals surface area contributed by atoms with Crippen molar-refractivity contribution in [3.8, 4) is 11.6 Å². The fourth-order valence-corrected chi connectivity index (χ4v) is 6.91. The van der Waals surface area contributed by atoms with Crippen molar-refractivity contribution in [2.45, 2.75) is 21.6 Å². The van der Waals surface area contributed by atoms with Crippen molar-refractivity contribution in [3.63, 3.8) is 0 Å². The van der Waals surface area contributed by atoms with Crippen molar-refractivity contribution in [2.24, 2.45) is 10.2 Å². The van der Waals surface area contributed by atoms with Crippen LogP contribution < -0.4 is 10.6 Å². The van der Waals surface area contributed by atoms with E-state index in [0.29, 0.717) is 10.4 Å². The maximum atomic E-state index is 14.3. The molecule has 6 N–H and O–H groups in total. The second kappa shape index (κ2) is 13.3. The monoisotopic (exact) mass is 771 g/mol. The highest BCUT2D eigenvalue weighted by molar-refractivity contribution is 7.86. The molecule has 6 aromatic rings. The molecule has 52 heavy (non-hydrogen) atoms. The van der Waals surface area contributed by atoms with Crippen molar-refractivity contribution in [2.75, 3.05) is 10.6 Å². The molecular formula is C29H22FN9O10S3. The van der Waals surface area contributed by atoms with Gasteiger partial charge in [0.25, 0.3) is 30.4 Å². The Balaban J connectivity index is 1.36. The van der Waals surface area contributed by atoms with Crippen LogP contribution in [0.25, 0.3) is 16.5 Å². The quantitative estimate of drug-likeness (QED) is 0.0788. The molecule has 0 aliphatic carbocycles. The summed E-state index contributed by atoms with van der Waals surface area (Å²) in [6.45, 7) is 1.81. The van der Waals surface area contributed by atoms with E-state index >= 15 is 0 Å². The van der Waals surface area contributed by atoms with Crippen LogP contribution in [-0.4, -0.2) is 68.8 Å². The molecule has 0 bridgehead atoms. The number of hydrogen-bond donors (Lipinski definition) is 6. The highest BCUT2D eigenvalue weighted by atomic mass is 32.2. The van der Waals surface area contributed by atoms with Gasteiger partial charge in [-0.05, 0) is 55.0 Å². The molecule has 0 aliphatic heterocycles. The van der Waals surface area contributed by atoms with Gasteiger partial charge in [0, 0.05) is 22.1 Å². The Bertz CT molecular complexity index is 2780. The summed E-state index contributed by atoms with van der Waals surface area (Å²) in [5.74, 6) is -1.29. The van der Waals surface area contributed by atoms with E-state index in [0.717, 1.165) is 48.2 Å². The smallest absolute Gasteiger partial charge is 0.315 e. The number of azo groups is 1. The maximum absolute atomic E-state index is 14.3. The van der Waals surface area contributed by atoms with Gasteiger partial charge in [-0.25, -0.2) is 0 Å². The van der Waals surface area contributed by atoms with E-state index in [-0.39, 0.29) is 34.0 Å². The number of benzene rings is 4. The van der Waals surface area contributed by atoms with Crippen LogP contribution in [0, 0.1) is 13.0 Å². The molecule has 0 unspecified atom stereocenters. The largest absolute Gasteiger partial charge is 0.492 e. The number of nitrogens with zero attached hydrogens (tertiary/aromatic N) is 7. The Morgan fingerprint density at radius 1 is 0.692 bits per heavy atom. The topological polar surface area (TPSA) is 289 Å². The van der Waals surface area contributed by atoms with Gasteiger partial charge >= 0.3 is 6.08 Å². The van der Waals surface area contributed by atoms with Gasteiger partial charge in [0.05, 0.1) is 11.9 Å². The number of aryl methyl sites for hydroxylation is 1. The van der Waals surface area contributed by atoms with Crippen molar-refractivity contribution in [1.82, 2.24) is 24.7 Å². The molecule has 4 aromatic carbocycles. The predicted molar refractivity (Wildman–Crippen MR) is 180 cm³/mol. The summed E-state index contributed by atoms with van der Waals surface area (Å²) >= 11 is 0. The molecule has 0 amide bonds. The Hall–Kier alpha value is -5.98. The van der Waals surface area contributed by atoms with Gasteiger partial charge in [0.15, 0.2) is 5.69 Å². The summed E-state index contributed by atoms with van der Waals surface area (Å²) < 4.78 is 117. The summed E-state index contributed by atoms with van der Waals surface area (Å²) in [5, 5.41) is 27.3. The maximum Gasteiger partial charge on any atom is 0.315 e. The lowest BCUT2D eigenvalue weighted by Gasteiger charge is -2.11. The van der Waals surface area contributed by atoms with E-state index in [1.807, 2.05) is 13.0 Å². The summed E-state index contributed by atoms with van der Waals surface area (Å²) in [7, 11) is -14.8. The zero-order valence-electron chi connectivity index (χ0n) is 26.0. The number of fused-ring (bicyclic) bond motifs is 1. The molecule has 0 radical (unpaired) electrons. The molecule has 2 aromatic heterocycles. The van der Waals surface area contributed by atoms with E-state index in [1.165, 1.54) is 12.1 Å². The van der Waals surface area contributed by atoms with Gasteiger partial charge in [-0.15, -0.1) is 10.2 Å². The molecule has 2 heterocycles. The number of hydrogen-bond acceptors (Lipinski definition) is 15. The molecule has 19 nitrogen and oxygen atoms in total. The van der Waals surface area contributed by atoms with Crippen LogP contribution in [0.3, 0.4) is 0 Å². The molecule has 0 fully saturated rings. The van der Waals surface area contributed by atoms with Crippen molar-refractivity contribution >= 4 is 75.8 Å². The third-order valence-electron chi connectivity index (χ3n) is 7.19. The van der Waals surface area contributed by atoms with Gasteiger partial charge in [-0.2, -0.15) is 54.4 Å². The zero-order chi connectivity index (χ0) is 37.6. The average molecular weight is 772 g/mol. The fourth-order valence-electron chi connectivity index (χ4n) is 4.89. The van der Waals surface area contributed by atoms with Crippen molar-refractivity contribution in [3.05, 3.63) is 90.6 Å². The zero-order valence-corrected chi connectivity index (χ0v) is 28.4.